The summed E-state index contributed by atoms with van der Waals surface area (Å²) in [6, 6.07) is 5.56. The van der Waals surface area contributed by atoms with E-state index in [9.17, 15) is 22.8 Å². The number of nitrogens with two attached hydrogens (primary N) is 1. The van der Waals surface area contributed by atoms with Crippen molar-refractivity contribution in [3.63, 3.8) is 0 Å². The summed E-state index contributed by atoms with van der Waals surface area (Å²) in [5.74, 6) is -1.78. The van der Waals surface area contributed by atoms with Gasteiger partial charge >= 0.3 is 6.18 Å². The molecule has 162 valence electrons. The minimum atomic E-state index is -4.56. The molecule has 6 nitrogen and oxygen atoms in total. The molecule has 2 atom stereocenters. The third-order valence-electron chi connectivity index (χ3n) is 4.65. The number of nitrogens with one attached hydrogen (secondary N) is 2. The molecule has 0 spiro atoms. The predicted molar refractivity (Wildman–Crippen MR) is 111 cm³/mol. The molecule has 4 N–H and O–H groups in total. The smallest absolute Gasteiger partial charge is 0.382 e. The molecule has 3 rings (SSSR count). The van der Waals surface area contributed by atoms with Gasteiger partial charge in [0.2, 0.25) is 5.91 Å². The summed E-state index contributed by atoms with van der Waals surface area (Å²) >= 11 is 5.91. The lowest BCUT2D eigenvalue weighted by Crippen LogP contribution is -2.31. The molecule has 10 heteroatoms. The largest absolute Gasteiger partial charge is 0.416 e. The fourth-order valence-electron chi connectivity index (χ4n) is 2.96. The van der Waals surface area contributed by atoms with Crippen molar-refractivity contribution in [1.29, 1.82) is 0 Å². The van der Waals surface area contributed by atoms with Crippen LogP contribution in [0.25, 0.3) is 0 Å². The second-order valence-electron chi connectivity index (χ2n) is 6.98. The van der Waals surface area contributed by atoms with Crippen LogP contribution in [0.3, 0.4) is 0 Å². The second kappa shape index (κ2) is 8.81. The number of pyridine rings is 1. The van der Waals surface area contributed by atoms with Crippen molar-refractivity contribution in [3.8, 4) is 0 Å². The van der Waals surface area contributed by atoms with E-state index in [4.69, 9.17) is 17.3 Å². The lowest BCUT2D eigenvalue weighted by Gasteiger charge is -2.23. The number of hydrogen-bond acceptors (Lipinski definition) is 4. The SMILES string of the molecule is CC1C=CC(NC(=O)c2cccc(C(F)(F)F)c2)=CC1C(=O)Nc1cnc(N)c(Cl)c1. The van der Waals surface area contributed by atoms with Gasteiger partial charge in [-0.25, -0.2) is 4.98 Å². The summed E-state index contributed by atoms with van der Waals surface area (Å²) in [6.07, 6.45) is 1.67. The molecule has 1 aliphatic rings. The van der Waals surface area contributed by atoms with Gasteiger partial charge in [-0.2, -0.15) is 13.2 Å². The topological polar surface area (TPSA) is 97.1 Å². The monoisotopic (exact) mass is 450 g/mol. The van der Waals surface area contributed by atoms with E-state index in [1.807, 2.05) is 6.92 Å². The van der Waals surface area contributed by atoms with Crippen LogP contribution >= 0.6 is 11.6 Å². The van der Waals surface area contributed by atoms with Crippen LogP contribution in [-0.2, 0) is 11.0 Å². The van der Waals surface area contributed by atoms with Crippen molar-refractivity contribution >= 4 is 34.9 Å². The van der Waals surface area contributed by atoms with Crippen LogP contribution in [0.15, 0.2) is 60.5 Å². The Balaban J connectivity index is 1.74. The Morgan fingerprint density at radius 2 is 1.94 bits per heavy atom. The lowest BCUT2D eigenvalue weighted by molar-refractivity contribution is -0.137. The molecule has 0 aliphatic heterocycles. The minimum absolute atomic E-state index is 0.133. The molecule has 2 unspecified atom stereocenters. The van der Waals surface area contributed by atoms with Crippen molar-refractivity contribution in [1.82, 2.24) is 10.3 Å². The van der Waals surface area contributed by atoms with Crippen LogP contribution in [0.1, 0.15) is 22.8 Å². The molecule has 0 bridgehead atoms. The number of nitrogen functional groups attached to an aromatic ring is 1. The van der Waals surface area contributed by atoms with Gasteiger partial charge in [-0.1, -0.05) is 30.7 Å². The number of hydrogen-bond donors (Lipinski definition) is 3. The molecule has 2 aromatic rings. The first kappa shape index (κ1) is 22.4. The van der Waals surface area contributed by atoms with Gasteiger partial charge in [-0.05, 0) is 42.3 Å². The fourth-order valence-corrected chi connectivity index (χ4v) is 3.12. The highest BCUT2D eigenvalue weighted by atomic mass is 35.5. The van der Waals surface area contributed by atoms with Crippen LogP contribution in [-0.4, -0.2) is 16.8 Å². The van der Waals surface area contributed by atoms with Crippen molar-refractivity contribution < 1.29 is 22.8 Å². The third-order valence-corrected chi connectivity index (χ3v) is 4.96. The predicted octanol–water partition coefficient (Wildman–Crippen LogP) is 4.41. The van der Waals surface area contributed by atoms with Crippen molar-refractivity contribution in [2.75, 3.05) is 11.1 Å². The summed E-state index contributed by atoms with van der Waals surface area (Å²) in [6.45, 7) is 1.82. The average Bonchev–Trinajstić information content (AvgIpc) is 2.71. The van der Waals surface area contributed by atoms with Crippen molar-refractivity contribution in [3.05, 3.63) is 76.6 Å². The van der Waals surface area contributed by atoms with Gasteiger partial charge < -0.3 is 16.4 Å². The molecular weight excluding hydrogens is 433 g/mol. The highest BCUT2D eigenvalue weighted by Gasteiger charge is 2.31. The van der Waals surface area contributed by atoms with Gasteiger partial charge in [0.05, 0.1) is 28.4 Å². The van der Waals surface area contributed by atoms with Gasteiger partial charge in [-0.15, -0.1) is 0 Å². The van der Waals surface area contributed by atoms with E-state index in [0.717, 1.165) is 18.2 Å². The number of anilines is 2. The molecule has 1 aliphatic carbocycles. The van der Waals surface area contributed by atoms with Crippen LogP contribution in [0.5, 0.6) is 0 Å². The highest BCUT2D eigenvalue weighted by molar-refractivity contribution is 6.33. The Morgan fingerprint density at radius 3 is 2.61 bits per heavy atom. The maximum Gasteiger partial charge on any atom is 0.416 e. The number of aromatic nitrogens is 1. The first-order valence-corrected chi connectivity index (χ1v) is 9.53. The third kappa shape index (κ3) is 5.43. The van der Waals surface area contributed by atoms with Crippen LogP contribution in [0.4, 0.5) is 24.7 Å². The van der Waals surface area contributed by atoms with E-state index < -0.39 is 23.6 Å². The van der Waals surface area contributed by atoms with E-state index in [-0.39, 0.29) is 28.2 Å². The molecule has 2 amide bonds. The lowest BCUT2D eigenvalue weighted by atomic mass is 9.88. The molecule has 1 aromatic carbocycles. The summed E-state index contributed by atoms with van der Waals surface area (Å²) in [7, 11) is 0. The van der Waals surface area contributed by atoms with Gasteiger partial charge in [0.15, 0.2) is 0 Å². The number of allylic oxidation sites excluding steroid dienone is 2. The van der Waals surface area contributed by atoms with E-state index in [1.54, 1.807) is 12.2 Å². The number of amides is 2. The fraction of sp³-hybridized carbons (Fsp3) is 0.190. The van der Waals surface area contributed by atoms with Crippen molar-refractivity contribution in [2.45, 2.75) is 13.1 Å². The minimum Gasteiger partial charge on any atom is -0.382 e. The van der Waals surface area contributed by atoms with E-state index >= 15 is 0 Å². The number of rotatable bonds is 4. The molecule has 31 heavy (non-hydrogen) atoms. The number of carbonyl (C=O) groups is 2. The zero-order valence-corrected chi connectivity index (χ0v) is 17.0. The Morgan fingerprint density at radius 1 is 1.19 bits per heavy atom. The second-order valence-corrected chi connectivity index (χ2v) is 7.39. The maximum absolute atomic E-state index is 12.9. The first-order valence-electron chi connectivity index (χ1n) is 9.15. The summed E-state index contributed by atoms with van der Waals surface area (Å²) in [5.41, 5.74) is 5.14. The number of alkyl halides is 3. The number of benzene rings is 1. The normalized spacial score (nSPS) is 18.3. The standard InChI is InChI=1S/C21H18ClF3N4O2/c1-11-5-6-14(28-19(30)12-3-2-4-13(7-12)21(23,24)25)8-16(11)20(31)29-15-9-17(22)18(26)27-10-15/h2-11,16H,1H3,(H2,26,27)(H,28,30)(H,29,31). The van der Waals surface area contributed by atoms with Gasteiger partial charge in [0.1, 0.15) is 5.82 Å². The Kier molecular flexibility index (Phi) is 6.35. The molecule has 0 saturated carbocycles. The van der Waals surface area contributed by atoms with Crippen LogP contribution in [0.2, 0.25) is 5.02 Å². The molecule has 0 saturated heterocycles. The number of nitrogens with zero attached hydrogens (tertiary/aromatic N) is 1. The molecule has 1 aromatic heterocycles. The van der Waals surface area contributed by atoms with Gasteiger partial charge in [-0.3, -0.25) is 9.59 Å². The molecule has 1 heterocycles. The molecule has 0 radical (unpaired) electrons. The van der Waals surface area contributed by atoms with E-state index in [1.165, 1.54) is 24.4 Å². The van der Waals surface area contributed by atoms with Gasteiger partial charge in [0, 0.05) is 11.3 Å². The van der Waals surface area contributed by atoms with Crippen LogP contribution in [0, 0.1) is 11.8 Å². The number of halogens is 4. The zero-order valence-electron chi connectivity index (χ0n) is 16.2. The average molecular weight is 451 g/mol. The van der Waals surface area contributed by atoms with E-state index in [0.29, 0.717) is 11.4 Å². The Labute approximate surface area is 181 Å². The van der Waals surface area contributed by atoms with Crippen LogP contribution < -0.4 is 16.4 Å². The van der Waals surface area contributed by atoms with Gasteiger partial charge in [0.25, 0.3) is 5.91 Å². The Hall–Kier alpha value is -3.33. The zero-order chi connectivity index (χ0) is 22.8. The number of carbonyl (C=O) groups excluding carboxylic acids is 2. The summed E-state index contributed by atoms with van der Waals surface area (Å²) in [5, 5.41) is 5.41. The Bertz CT molecular complexity index is 1080. The van der Waals surface area contributed by atoms with Crippen molar-refractivity contribution in [2.24, 2.45) is 11.8 Å². The highest BCUT2D eigenvalue weighted by Crippen LogP contribution is 2.30. The molecular formula is C21H18ClF3N4O2. The summed E-state index contributed by atoms with van der Waals surface area (Å²) in [4.78, 5) is 29.0. The summed E-state index contributed by atoms with van der Waals surface area (Å²) < 4.78 is 38.6. The maximum atomic E-state index is 12.9. The molecule has 0 fully saturated rings. The first-order chi connectivity index (χ1) is 14.5. The quantitative estimate of drug-likeness (QED) is 0.642. The van der Waals surface area contributed by atoms with E-state index in [2.05, 4.69) is 15.6 Å².